The van der Waals surface area contributed by atoms with Gasteiger partial charge in [0.1, 0.15) is 5.75 Å². The lowest BCUT2D eigenvalue weighted by atomic mass is 9.96. The molecule has 0 saturated carbocycles. The third-order valence-electron chi connectivity index (χ3n) is 5.08. The van der Waals surface area contributed by atoms with Crippen molar-refractivity contribution >= 4 is 27.4 Å². The minimum absolute atomic E-state index is 0.0515. The van der Waals surface area contributed by atoms with E-state index in [1.165, 1.54) is 18.2 Å². The standard InChI is InChI=1S/C20H26N4O4S/c1-4-29(27,28)16-5-6-18(25)17(12-16)23-19(26)15-7-9-24(10-8-15)20-21-13(2)11-14(3)22-20/h5-6,11-12,15,25H,4,7-10H2,1-3H3,(H,23,26). The normalized spacial score (nSPS) is 15.3. The molecule has 0 bridgehead atoms. The smallest absolute Gasteiger partial charge is 0.227 e. The Morgan fingerprint density at radius 3 is 2.38 bits per heavy atom. The molecule has 1 amide bonds. The van der Waals surface area contributed by atoms with Gasteiger partial charge in [0.05, 0.1) is 16.3 Å². The first-order valence-corrected chi connectivity index (χ1v) is 11.3. The summed E-state index contributed by atoms with van der Waals surface area (Å²) >= 11 is 0. The Bertz CT molecular complexity index is 995. The Balaban J connectivity index is 1.66. The molecule has 8 nitrogen and oxygen atoms in total. The van der Waals surface area contributed by atoms with Crippen LogP contribution in [0.1, 0.15) is 31.2 Å². The van der Waals surface area contributed by atoms with Gasteiger partial charge in [0.15, 0.2) is 9.84 Å². The number of carbonyl (C=O) groups is 1. The van der Waals surface area contributed by atoms with E-state index in [-0.39, 0.29) is 33.9 Å². The number of phenols is 1. The van der Waals surface area contributed by atoms with Crippen LogP contribution in [0.15, 0.2) is 29.2 Å². The number of hydrogen-bond donors (Lipinski definition) is 2. The molecule has 1 aliphatic rings. The number of aromatic nitrogens is 2. The predicted octanol–water partition coefficient (Wildman–Crippen LogP) is 2.45. The number of carbonyl (C=O) groups excluding carboxylic acids is 1. The maximum atomic E-state index is 12.7. The first-order valence-electron chi connectivity index (χ1n) is 9.63. The fraction of sp³-hybridized carbons (Fsp3) is 0.450. The van der Waals surface area contributed by atoms with Crippen LogP contribution in [0.5, 0.6) is 5.75 Å². The summed E-state index contributed by atoms with van der Waals surface area (Å²) in [5, 5.41) is 12.7. The van der Waals surface area contributed by atoms with Crippen molar-refractivity contribution in [1.29, 1.82) is 0 Å². The summed E-state index contributed by atoms with van der Waals surface area (Å²) in [6, 6.07) is 5.86. The van der Waals surface area contributed by atoms with Crippen LogP contribution in [0.25, 0.3) is 0 Å². The molecule has 2 N–H and O–H groups in total. The van der Waals surface area contributed by atoms with Crippen molar-refractivity contribution < 1.29 is 18.3 Å². The molecule has 0 radical (unpaired) electrons. The summed E-state index contributed by atoms with van der Waals surface area (Å²) in [5.41, 5.74) is 1.93. The van der Waals surface area contributed by atoms with Crippen molar-refractivity contribution in [3.05, 3.63) is 35.7 Å². The van der Waals surface area contributed by atoms with E-state index in [1.807, 2.05) is 19.9 Å². The molecule has 9 heteroatoms. The lowest BCUT2D eigenvalue weighted by Gasteiger charge is -2.31. The number of hydrogen-bond acceptors (Lipinski definition) is 7. The van der Waals surface area contributed by atoms with Crippen molar-refractivity contribution in [2.24, 2.45) is 5.92 Å². The van der Waals surface area contributed by atoms with Gasteiger partial charge in [-0.05, 0) is 51.0 Å². The molecule has 2 aromatic rings. The summed E-state index contributed by atoms with van der Waals surface area (Å²) in [7, 11) is -3.43. The maximum Gasteiger partial charge on any atom is 0.227 e. The Labute approximate surface area is 170 Å². The fourth-order valence-corrected chi connectivity index (χ4v) is 4.31. The zero-order chi connectivity index (χ0) is 21.2. The molecule has 1 aromatic carbocycles. The van der Waals surface area contributed by atoms with Crippen molar-refractivity contribution in [3.63, 3.8) is 0 Å². The molecule has 2 heterocycles. The van der Waals surface area contributed by atoms with Crippen molar-refractivity contribution in [1.82, 2.24) is 9.97 Å². The number of aryl methyl sites for hydroxylation is 2. The van der Waals surface area contributed by atoms with Crippen LogP contribution < -0.4 is 10.2 Å². The van der Waals surface area contributed by atoms with Gasteiger partial charge in [-0.1, -0.05) is 6.92 Å². The molecule has 1 aromatic heterocycles. The van der Waals surface area contributed by atoms with Crippen LogP contribution in [0.3, 0.4) is 0 Å². The summed E-state index contributed by atoms with van der Waals surface area (Å²) in [6.07, 6.45) is 1.24. The van der Waals surface area contributed by atoms with E-state index in [2.05, 4.69) is 20.2 Å². The molecule has 0 spiro atoms. The molecule has 29 heavy (non-hydrogen) atoms. The van der Waals surface area contributed by atoms with Crippen LogP contribution in [-0.4, -0.2) is 48.2 Å². The highest BCUT2D eigenvalue weighted by molar-refractivity contribution is 7.91. The highest BCUT2D eigenvalue weighted by Gasteiger charge is 2.27. The Kier molecular flexibility index (Phi) is 6.07. The SMILES string of the molecule is CCS(=O)(=O)c1ccc(O)c(NC(=O)C2CCN(c3nc(C)cc(C)n3)CC2)c1. The van der Waals surface area contributed by atoms with Gasteiger partial charge in [0, 0.05) is 30.4 Å². The lowest BCUT2D eigenvalue weighted by Crippen LogP contribution is -2.39. The molecule has 1 fully saturated rings. The molecule has 0 atom stereocenters. The topological polar surface area (TPSA) is 112 Å². The van der Waals surface area contributed by atoms with Gasteiger partial charge in [-0.2, -0.15) is 0 Å². The van der Waals surface area contributed by atoms with E-state index < -0.39 is 9.84 Å². The van der Waals surface area contributed by atoms with E-state index in [4.69, 9.17) is 0 Å². The quantitative estimate of drug-likeness (QED) is 0.717. The van der Waals surface area contributed by atoms with Crippen LogP contribution in [-0.2, 0) is 14.6 Å². The van der Waals surface area contributed by atoms with E-state index >= 15 is 0 Å². The van der Waals surface area contributed by atoms with Gasteiger partial charge < -0.3 is 15.3 Å². The van der Waals surface area contributed by atoms with Crippen LogP contribution in [0.2, 0.25) is 0 Å². The Morgan fingerprint density at radius 2 is 1.79 bits per heavy atom. The number of anilines is 2. The summed E-state index contributed by atoms with van der Waals surface area (Å²) < 4.78 is 24.1. The zero-order valence-corrected chi connectivity index (χ0v) is 17.7. The summed E-state index contributed by atoms with van der Waals surface area (Å²) in [6.45, 7) is 6.71. The third-order valence-corrected chi connectivity index (χ3v) is 6.82. The summed E-state index contributed by atoms with van der Waals surface area (Å²) in [4.78, 5) is 23.8. The molecule has 156 valence electrons. The number of rotatable bonds is 5. The number of aromatic hydroxyl groups is 1. The van der Waals surface area contributed by atoms with Crippen molar-refractivity contribution in [3.8, 4) is 5.75 Å². The first kappa shape index (κ1) is 21.0. The minimum atomic E-state index is -3.43. The number of amides is 1. The molecule has 0 aliphatic carbocycles. The van der Waals surface area contributed by atoms with Gasteiger partial charge in [0.25, 0.3) is 0 Å². The third kappa shape index (κ3) is 4.84. The van der Waals surface area contributed by atoms with E-state index in [1.54, 1.807) is 6.92 Å². The monoisotopic (exact) mass is 418 g/mol. The highest BCUT2D eigenvalue weighted by Crippen LogP contribution is 2.29. The summed E-state index contributed by atoms with van der Waals surface area (Å²) in [5.74, 6) is 0.00528. The van der Waals surface area contributed by atoms with Crippen molar-refractivity contribution in [2.45, 2.75) is 38.5 Å². The average Bonchev–Trinajstić information content (AvgIpc) is 2.69. The zero-order valence-electron chi connectivity index (χ0n) is 16.8. The number of nitrogens with one attached hydrogen (secondary N) is 1. The number of piperidine rings is 1. The van der Waals surface area contributed by atoms with Gasteiger partial charge in [-0.25, -0.2) is 18.4 Å². The minimum Gasteiger partial charge on any atom is -0.506 e. The number of benzene rings is 1. The molecular weight excluding hydrogens is 392 g/mol. The van der Waals surface area contributed by atoms with E-state index in [0.717, 1.165) is 11.4 Å². The van der Waals surface area contributed by atoms with Crippen LogP contribution >= 0.6 is 0 Å². The highest BCUT2D eigenvalue weighted by atomic mass is 32.2. The van der Waals surface area contributed by atoms with E-state index in [0.29, 0.717) is 31.9 Å². The van der Waals surface area contributed by atoms with E-state index in [9.17, 15) is 18.3 Å². The second-order valence-electron chi connectivity index (χ2n) is 7.28. The molecule has 0 unspecified atom stereocenters. The number of nitrogens with zero attached hydrogens (tertiary/aromatic N) is 3. The fourth-order valence-electron chi connectivity index (χ4n) is 3.40. The Morgan fingerprint density at radius 1 is 1.17 bits per heavy atom. The van der Waals surface area contributed by atoms with Gasteiger partial charge in [-0.15, -0.1) is 0 Å². The molecule has 1 saturated heterocycles. The molecule has 3 rings (SSSR count). The van der Waals surface area contributed by atoms with Gasteiger partial charge in [-0.3, -0.25) is 4.79 Å². The van der Waals surface area contributed by atoms with Crippen LogP contribution in [0, 0.1) is 19.8 Å². The predicted molar refractivity (Wildman–Crippen MR) is 111 cm³/mol. The Hall–Kier alpha value is -2.68. The molecular formula is C20H26N4O4S. The van der Waals surface area contributed by atoms with Gasteiger partial charge in [0.2, 0.25) is 11.9 Å². The second-order valence-corrected chi connectivity index (χ2v) is 9.56. The van der Waals surface area contributed by atoms with Crippen molar-refractivity contribution in [2.75, 3.05) is 29.1 Å². The largest absolute Gasteiger partial charge is 0.506 e. The number of phenolic OH excluding ortho intramolecular Hbond substituents is 1. The first-order chi connectivity index (χ1) is 13.7. The number of sulfone groups is 1. The second kappa shape index (κ2) is 8.36. The van der Waals surface area contributed by atoms with Crippen LogP contribution in [0.4, 0.5) is 11.6 Å². The average molecular weight is 419 g/mol. The van der Waals surface area contributed by atoms with Gasteiger partial charge >= 0.3 is 0 Å². The maximum absolute atomic E-state index is 12.7. The lowest BCUT2D eigenvalue weighted by molar-refractivity contribution is -0.120. The molecule has 1 aliphatic heterocycles.